The summed E-state index contributed by atoms with van der Waals surface area (Å²) < 4.78 is 12.3. The monoisotopic (exact) mass is 785 g/mol. The number of carbonyl (C=O) groups excluding carboxylic acids is 5. The molecule has 5 N–H and O–H groups in total. The number of carbonyl (C=O) groups is 5. The number of amides is 5. The molecule has 0 saturated carbocycles. The van der Waals surface area contributed by atoms with Gasteiger partial charge in [-0.15, -0.1) is 0 Å². The summed E-state index contributed by atoms with van der Waals surface area (Å²) in [5, 5.41) is 17.2. The molecule has 0 bridgehead atoms. The highest BCUT2D eigenvalue weighted by atomic mass is 16.5. The lowest BCUT2D eigenvalue weighted by Crippen LogP contribution is -2.57. The quantitative estimate of drug-likeness (QED) is 0.160. The van der Waals surface area contributed by atoms with Gasteiger partial charge in [0.15, 0.2) is 17.3 Å². The zero-order chi connectivity index (χ0) is 41.2. The molecule has 306 valence electrons. The number of aromatic amines is 1. The summed E-state index contributed by atoms with van der Waals surface area (Å²) in [6, 6.07) is 10.3. The van der Waals surface area contributed by atoms with Gasteiger partial charge in [0, 0.05) is 49.5 Å². The second-order valence-corrected chi connectivity index (χ2v) is 15.0. The van der Waals surface area contributed by atoms with E-state index in [1.807, 2.05) is 64.1 Å². The zero-order valence-corrected chi connectivity index (χ0v) is 33.8. The Kier molecular flexibility index (Phi) is 14.3. The Morgan fingerprint density at radius 1 is 0.930 bits per heavy atom. The molecule has 2 aromatic carbocycles. The van der Waals surface area contributed by atoms with Crippen LogP contribution in [0.15, 0.2) is 48.7 Å². The van der Waals surface area contributed by atoms with E-state index in [-0.39, 0.29) is 56.8 Å². The number of hydrogen-bond acceptors (Lipinski definition) is 9. The first-order valence-corrected chi connectivity index (χ1v) is 19.4. The van der Waals surface area contributed by atoms with E-state index in [2.05, 4.69) is 31.3 Å². The van der Waals surface area contributed by atoms with Crippen LogP contribution in [-0.2, 0) is 43.4 Å². The van der Waals surface area contributed by atoms with Crippen molar-refractivity contribution in [2.75, 3.05) is 33.9 Å². The lowest BCUT2D eigenvalue weighted by molar-refractivity contribution is -0.138. The molecular formula is C41H55N9O7. The number of methoxy groups -OCH3 is 2. The Morgan fingerprint density at radius 2 is 1.68 bits per heavy atom. The minimum absolute atomic E-state index is 0.0214. The Hall–Kier alpha value is -5.93. The van der Waals surface area contributed by atoms with Gasteiger partial charge in [0.05, 0.1) is 26.8 Å². The fraction of sp³-hybridized carbons (Fsp3) is 0.488. The lowest BCUT2D eigenvalue weighted by Gasteiger charge is -2.29. The fourth-order valence-electron chi connectivity index (χ4n) is 6.85. The van der Waals surface area contributed by atoms with Crippen LogP contribution in [-0.4, -0.2) is 100 Å². The highest BCUT2D eigenvalue weighted by Gasteiger charge is 2.33. The van der Waals surface area contributed by atoms with Crippen molar-refractivity contribution in [2.45, 2.75) is 85.0 Å². The normalized spacial score (nSPS) is 19.4. The van der Waals surface area contributed by atoms with Crippen molar-refractivity contribution < 1.29 is 33.4 Å². The van der Waals surface area contributed by atoms with E-state index in [1.54, 1.807) is 33.4 Å². The highest BCUT2D eigenvalue weighted by molar-refractivity contribution is 5.94. The van der Waals surface area contributed by atoms with Crippen molar-refractivity contribution in [1.82, 2.24) is 45.9 Å². The first-order valence-electron chi connectivity index (χ1n) is 19.4. The van der Waals surface area contributed by atoms with Gasteiger partial charge in [-0.1, -0.05) is 58.4 Å². The maximum Gasteiger partial charge on any atom is 0.243 e. The van der Waals surface area contributed by atoms with Crippen molar-refractivity contribution in [2.24, 2.45) is 11.8 Å². The molecule has 1 aliphatic heterocycles. The molecule has 4 aromatic rings. The Bertz CT molecular complexity index is 2060. The van der Waals surface area contributed by atoms with Crippen LogP contribution < -0.4 is 30.7 Å². The number of nitrogens with zero attached hydrogens (tertiary/aromatic N) is 4. The number of nitrogens with one attached hydrogen (secondary N) is 5. The Balaban J connectivity index is 1.49. The summed E-state index contributed by atoms with van der Waals surface area (Å²) in [6.45, 7) is 8.88. The summed E-state index contributed by atoms with van der Waals surface area (Å²) in [4.78, 5) is 78.2. The number of fused-ring (bicyclic) bond motifs is 2. The van der Waals surface area contributed by atoms with Gasteiger partial charge in [0.2, 0.25) is 29.5 Å². The number of para-hydroxylation sites is 1. The highest BCUT2D eigenvalue weighted by Crippen LogP contribution is 2.28. The Morgan fingerprint density at radius 3 is 2.40 bits per heavy atom. The summed E-state index contributed by atoms with van der Waals surface area (Å²) in [5.41, 5.74) is 2.50. The molecule has 0 radical (unpaired) electrons. The van der Waals surface area contributed by atoms with Gasteiger partial charge >= 0.3 is 0 Å². The lowest BCUT2D eigenvalue weighted by atomic mass is 9.96. The minimum atomic E-state index is -1.09. The molecule has 3 heterocycles. The van der Waals surface area contributed by atoms with Gasteiger partial charge in [-0.25, -0.2) is 9.67 Å². The summed E-state index contributed by atoms with van der Waals surface area (Å²) in [7, 11) is 3.10. The molecule has 16 nitrogen and oxygen atoms in total. The molecule has 1 aliphatic rings. The second kappa shape index (κ2) is 19.3. The van der Waals surface area contributed by atoms with Crippen LogP contribution in [0.25, 0.3) is 10.9 Å². The topological polar surface area (TPSA) is 202 Å². The van der Waals surface area contributed by atoms with Crippen LogP contribution in [0.4, 0.5) is 0 Å². The van der Waals surface area contributed by atoms with Crippen LogP contribution in [0.3, 0.4) is 0 Å². The van der Waals surface area contributed by atoms with E-state index in [0.717, 1.165) is 22.0 Å². The van der Waals surface area contributed by atoms with Crippen molar-refractivity contribution in [1.29, 1.82) is 0 Å². The van der Waals surface area contributed by atoms with E-state index in [9.17, 15) is 24.0 Å². The van der Waals surface area contributed by atoms with Gasteiger partial charge in [-0.3, -0.25) is 24.0 Å². The molecule has 0 aliphatic carbocycles. The number of ether oxygens (including phenoxy) is 2. The van der Waals surface area contributed by atoms with Crippen LogP contribution in [0, 0.1) is 11.8 Å². The van der Waals surface area contributed by atoms with Gasteiger partial charge < -0.3 is 40.6 Å². The third kappa shape index (κ3) is 10.9. The maximum absolute atomic E-state index is 14.2. The van der Waals surface area contributed by atoms with Gasteiger partial charge in [-0.05, 0) is 48.1 Å². The predicted octanol–water partition coefficient (Wildman–Crippen LogP) is 2.81. The van der Waals surface area contributed by atoms with Crippen LogP contribution >= 0.6 is 0 Å². The third-order valence-corrected chi connectivity index (χ3v) is 10.1. The molecule has 0 spiro atoms. The largest absolute Gasteiger partial charge is 0.493 e. The molecule has 16 heteroatoms. The van der Waals surface area contributed by atoms with Crippen molar-refractivity contribution >= 4 is 40.4 Å². The first kappa shape index (κ1) is 42.2. The van der Waals surface area contributed by atoms with E-state index < -0.39 is 41.8 Å². The number of rotatable bonds is 10. The SMILES string of the molecule is CC[C@H](C)[C@@H]1NC(=O)[C@@H](Cc2c[nH]c3ccccc23)NC(=O)CN(C(=O)CC(C)C)CCNC(=O)Cn2nc(Cc3ccc(OC)c(OC)c3)nc2[C@@H](C)NC1=O. The summed E-state index contributed by atoms with van der Waals surface area (Å²) in [6.07, 6.45) is 2.96. The van der Waals surface area contributed by atoms with Crippen LogP contribution in [0.2, 0.25) is 0 Å². The maximum atomic E-state index is 14.2. The van der Waals surface area contributed by atoms with Gasteiger partial charge in [0.25, 0.3) is 0 Å². The number of hydrogen-bond donors (Lipinski definition) is 5. The van der Waals surface area contributed by atoms with Crippen LogP contribution in [0.5, 0.6) is 11.5 Å². The second-order valence-electron chi connectivity index (χ2n) is 15.0. The Labute approximate surface area is 332 Å². The first-order chi connectivity index (χ1) is 27.3. The average Bonchev–Trinajstić information content (AvgIpc) is 3.78. The van der Waals surface area contributed by atoms with Gasteiger partial charge in [-0.2, -0.15) is 5.10 Å². The molecule has 0 unspecified atom stereocenters. The van der Waals surface area contributed by atoms with E-state index in [1.165, 1.54) is 9.58 Å². The molecule has 57 heavy (non-hydrogen) atoms. The van der Waals surface area contributed by atoms with Gasteiger partial charge in [0.1, 0.15) is 24.5 Å². The molecule has 2 aromatic heterocycles. The van der Waals surface area contributed by atoms with E-state index >= 15 is 0 Å². The molecule has 0 fully saturated rings. The standard InChI is InChI=1S/C41H55N9O7/c1-8-25(4)38-41(55)44-26(5)39-46-34(19-27-13-14-32(56-6)33(18-27)57-7)48-50(39)23-35(51)42-15-16-49(37(53)17-24(2)3)22-36(52)45-31(40(54)47-38)20-28-21-43-30-12-10-9-11-29(28)30/h9-14,18,21,24-26,31,38,43H,8,15-17,19-20,22-23H2,1-7H3,(H,42,51)(H,44,55)(H,45,52)(H,47,54)/t25-,26+,31+,38-/m0/s1. The molecule has 4 atom stereocenters. The molecule has 5 rings (SSSR count). The minimum Gasteiger partial charge on any atom is -0.493 e. The number of benzene rings is 2. The molecule has 5 amide bonds. The molecule has 0 saturated heterocycles. The third-order valence-electron chi connectivity index (χ3n) is 10.1. The van der Waals surface area contributed by atoms with Crippen molar-refractivity contribution in [3.05, 3.63) is 71.4 Å². The summed E-state index contributed by atoms with van der Waals surface area (Å²) in [5.74, 6) is -0.653. The van der Waals surface area contributed by atoms with E-state index in [4.69, 9.17) is 14.5 Å². The molecular weight excluding hydrogens is 731 g/mol. The van der Waals surface area contributed by atoms with Crippen molar-refractivity contribution in [3.63, 3.8) is 0 Å². The fourth-order valence-corrected chi connectivity index (χ4v) is 6.85. The van der Waals surface area contributed by atoms with E-state index in [0.29, 0.717) is 36.0 Å². The van der Waals surface area contributed by atoms with Crippen LogP contribution in [0.1, 0.15) is 76.3 Å². The predicted molar refractivity (Wildman–Crippen MR) is 213 cm³/mol. The van der Waals surface area contributed by atoms with Crippen molar-refractivity contribution in [3.8, 4) is 11.5 Å². The summed E-state index contributed by atoms with van der Waals surface area (Å²) >= 11 is 0. The smallest absolute Gasteiger partial charge is 0.243 e. The zero-order valence-electron chi connectivity index (χ0n) is 33.8. The number of aromatic nitrogens is 4. The number of H-pyrrole nitrogens is 1. The average molecular weight is 786 g/mol.